The summed E-state index contributed by atoms with van der Waals surface area (Å²) in [6.07, 6.45) is 0. The Balaban J connectivity index is 0.000000300. The van der Waals surface area contributed by atoms with Crippen LogP contribution < -0.4 is 15.9 Å². The molecule has 0 N–H and O–H groups in total. The van der Waals surface area contributed by atoms with E-state index in [4.69, 9.17) is 0 Å². The van der Waals surface area contributed by atoms with Gasteiger partial charge in [0.2, 0.25) is 0 Å². The molecule has 0 bridgehead atoms. The Morgan fingerprint density at radius 1 is 0.542 bits per heavy atom. The molecule has 0 radical (unpaired) electrons. The molecule has 0 fully saturated rings. The van der Waals surface area contributed by atoms with Gasteiger partial charge in [-0.05, 0) is 10.6 Å². The molecule has 4 rings (SSSR count). The van der Waals surface area contributed by atoms with Crippen molar-refractivity contribution in [3.8, 4) is 0 Å². The summed E-state index contributed by atoms with van der Waals surface area (Å²) in [5, 5.41) is 4.23. The average Bonchev–Trinajstić information content (AvgIpc) is 3.34. The number of hydrogen-bond donors (Lipinski definition) is 0. The third-order valence-corrected chi connectivity index (χ3v) is 5.93. The monoisotopic (exact) mass is 370 g/mol. The molecular weight excluding hydrogens is 351 g/mol. The minimum Gasteiger partial charge on any atom is -0.748 e. The molecule has 0 amide bonds. The van der Waals surface area contributed by atoms with Gasteiger partial charge >= 0.3 is 0 Å². The second-order valence-corrected chi connectivity index (χ2v) is 7.33. The van der Waals surface area contributed by atoms with Crippen LogP contribution in [0, 0.1) is 0 Å². The van der Waals surface area contributed by atoms with E-state index < -0.39 is 7.92 Å². The van der Waals surface area contributed by atoms with Crippen LogP contribution in [0.3, 0.4) is 0 Å². The van der Waals surface area contributed by atoms with Crippen molar-refractivity contribution in [1.82, 2.24) is 0 Å². The van der Waals surface area contributed by atoms with E-state index in [1.54, 1.807) is 0 Å². The molecule has 0 aromatic heterocycles. The SMILES string of the molecule is [Fe].[cH-]1[cH-][cH-][cH-][cH-]1.c1ccc(P(c2ccccc2)[c-]2cccc2)cc1. The molecule has 4 aromatic rings. The van der Waals surface area contributed by atoms with Gasteiger partial charge in [0.25, 0.3) is 0 Å². The minimum atomic E-state index is -0.409. The van der Waals surface area contributed by atoms with Crippen molar-refractivity contribution < 1.29 is 17.1 Å². The Morgan fingerprint density at radius 2 is 0.917 bits per heavy atom. The largest absolute Gasteiger partial charge is 0.748 e. The van der Waals surface area contributed by atoms with Crippen LogP contribution in [0.2, 0.25) is 0 Å². The van der Waals surface area contributed by atoms with E-state index in [0.717, 1.165) is 0 Å². The van der Waals surface area contributed by atoms with Crippen molar-refractivity contribution in [1.29, 1.82) is 0 Å². The van der Waals surface area contributed by atoms with Crippen LogP contribution in [0.25, 0.3) is 0 Å². The number of hydrogen-bond acceptors (Lipinski definition) is 0. The van der Waals surface area contributed by atoms with Gasteiger partial charge in [0.1, 0.15) is 0 Å². The van der Waals surface area contributed by atoms with Gasteiger partial charge in [-0.25, -0.2) is 12.1 Å². The summed E-state index contributed by atoms with van der Waals surface area (Å²) in [6.45, 7) is 0. The molecule has 0 saturated carbocycles. The average molecular weight is 370 g/mol. The predicted octanol–water partition coefficient (Wildman–Crippen LogP) is 4.57. The van der Waals surface area contributed by atoms with Crippen molar-refractivity contribution in [2.45, 2.75) is 0 Å². The molecular formula is C22H19FeP-6. The molecule has 2 heteroatoms. The zero-order valence-electron chi connectivity index (χ0n) is 13.3. The van der Waals surface area contributed by atoms with E-state index in [-0.39, 0.29) is 17.1 Å². The van der Waals surface area contributed by atoms with E-state index in [1.165, 1.54) is 15.9 Å². The summed E-state index contributed by atoms with van der Waals surface area (Å²) in [5.74, 6) is 0. The van der Waals surface area contributed by atoms with E-state index in [0.29, 0.717) is 0 Å². The smallest absolute Gasteiger partial charge is 0 e. The fourth-order valence-electron chi connectivity index (χ4n) is 2.44. The first kappa shape index (κ1) is 18.4. The van der Waals surface area contributed by atoms with Gasteiger partial charge in [0.05, 0.1) is 0 Å². The van der Waals surface area contributed by atoms with Crippen LogP contribution in [-0.2, 0) is 17.1 Å². The third kappa shape index (κ3) is 5.05. The van der Waals surface area contributed by atoms with Crippen molar-refractivity contribution in [3.05, 3.63) is 115 Å². The van der Waals surface area contributed by atoms with Crippen LogP contribution in [0.5, 0.6) is 0 Å². The summed E-state index contributed by atoms with van der Waals surface area (Å²) in [7, 11) is -0.409. The first-order chi connectivity index (χ1) is 11.4. The van der Waals surface area contributed by atoms with E-state index >= 15 is 0 Å². The standard InChI is InChI=1S/C17H14P.C5H5.Fe/c1-3-9-15(10-4-1)18(17-13-7-8-14-17)16-11-5-2-6-12-16;1-2-4-5-3-1;/h1-14H;1-5H;/q-1;-5;. The normalized spacial score (nSPS) is 9.71. The van der Waals surface area contributed by atoms with Gasteiger partial charge in [-0.3, -0.25) is 0 Å². The Hall–Kier alpha value is -1.91. The molecule has 4 aromatic carbocycles. The number of benzene rings is 2. The van der Waals surface area contributed by atoms with Crippen LogP contribution in [0.1, 0.15) is 0 Å². The van der Waals surface area contributed by atoms with Gasteiger partial charge in [-0.1, -0.05) is 68.6 Å². The molecule has 0 nitrogen and oxygen atoms in total. The van der Waals surface area contributed by atoms with Gasteiger partial charge in [0, 0.05) is 17.1 Å². The van der Waals surface area contributed by atoms with Gasteiger partial charge in [-0.2, -0.15) is 12.1 Å². The van der Waals surface area contributed by atoms with Gasteiger partial charge in [-0.15, -0.1) is 5.30 Å². The summed E-state index contributed by atoms with van der Waals surface area (Å²) < 4.78 is 0. The molecule has 0 atom stereocenters. The molecule has 0 aliphatic heterocycles. The van der Waals surface area contributed by atoms with E-state index in [1.807, 2.05) is 30.3 Å². The molecule has 0 aliphatic rings. The molecule has 0 spiro atoms. The van der Waals surface area contributed by atoms with E-state index in [9.17, 15) is 0 Å². The van der Waals surface area contributed by atoms with Crippen molar-refractivity contribution in [3.63, 3.8) is 0 Å². The molecule has 126 valence electrons. The third-order valence-electron chi connectivity index (χ3n) is 3.49. The predicted molar refractivity (Wildman–Crippen MR) is 103 cm³/mol. The van der Waals surface area contributed by atoms with Crippen LogP contribution >= 0.6 is 7.92 Å². The Bertz CT molecular complexity index is 703. The van der Waals surface area contributed by atoms with Crippen LogP contribution in [0.15, 0.2) is 115 Å². The maximum atomic E-state index is 2.23. The Labute approximate surface area is 156 Å². The Morgan fingerprint density at radius 3 is 1.29 bits per heavy atom. The fraction of sp³-hybridized carbons (Fsp3) is 0. The zero-order valence-corrected chi connectivity index (χ0v) is 15.3. The van der Waals surface area contributed by atoms with Gasteiger partial charge in [0.15, 0.2) is 0 Å². The molecule has 0 heterocycles. The maximum absolute atomic E-state index is 2.23. The van der Waals surface area contributed by atoms with Crippen molar-refractivity contribution >= 4 is 23.8 Å². The fourth-order valence-corrected chi connectivity index (χ4v) is 4.74. The van der Waals surface area contributed by atoms with Crippen LogP contribution in [-0.4, -0.2) is 0 Å². The first-order valence-electron chi connectivity index (χ1n) is 7.74. The molecule has 0 aliphatic carbocycles. The zero-order chi connectivity index (χ0) is 15.7. The summed E-state index contributed by atoms with van der Waals surface area (Å²) >= 11 is 0. The quantitative estimate of drug-likeness (QED) is 0.282. The molecule has 0 saturated heterocycles. The summed E-state index contributed by atoms with van der Waals surface area (Å²) in [4.78, 5) is 0. The van der Waals surface area contributed by atoms with Crippen molar-refractivity contribution in [2.75, 3.05) is 0 Å². The topological polar surface area (TPSA) is 0 Å². The number of rotatable bonds is 3. The second-order valence-electron chi connectivity index (χ2n) is 5.11. The van der Waals surface area contributed by atoms with Crippen molar-refractivity contribution in [2.24, 2.45) is 0 Å². The van der Waals surface area contributed by atoms with Crippen LogP contribution in [0.4, 0.5) is 0 Å². The minimum absolute atomic E-state index is 0. The molecule has 0 unspecified atom stereocenters. The summed E-state index contributed by atoms with van der Waals surface area (Å²) in [5.41, 5.74) is 0. The molecule has 24 heavy (non-hydrogen) atoms. The van der Waals surface area contributed by atoms with E-state index in [2.05, 4.69) is 84.9 Å². The Kier molecular flexibility index (Phi) is 7.72. The first-order valence-corrected chi connectivity index (χ1v) is 9.08. The van der Waals surface area contributed by atoms with Gasteiger partial charge < -0.3 is 30.3 Å². The second kappa shape index (κ2) is 10.1. The maximum Gasteiger partial charge on any atom is 0 e. The summed E-state index contributed by atoms with van der Waals surface area (Å²) in [6, 6.07) is 40.2.